The van der Waals surface area contributed by atoms with Gasteiger partial charge in [-0.25, -0.2) is 0 Å². The van der Waals surface area contributed by atoms with E-state index < -0.39 is 0 Å². The van der Waals surface area contributed by atoms with Crippen molar-refractivity contribution in [2.75, 3.05) is 0 Å². The van der Waals surface area contributed by atoms with Gasteiger partial charge < -0.3 is 10.2 Å². The molecule has 1 fully saturated rings. The summed E-state index contributed by atoms with van der Waals surface area (Å²) in [6, 6.07) is 15.9. The average molecular weight is 465 g/mol. The van der Waals surface area contributed by atoms with Crippen molar-refractivity contribution in [2.24, 2.45) is 0 Å². The molecule has 1 aliphatic rings. The molecule has 0 radical (unpaired) electrons. The maximum atomic E-state index is 9.95. The molecule has 0 amide bonds. The van der Waals surface area contributed by atoms with Crippen molar-refractivity contribution < 1.29 is 10.2 Å². The zero-order valence-electron chi connectivity index (χ0n) is 21.4. The van der Waals surface area contributed by atoms with Gasteiger partial charge in [-0.05, 0) is 48.2 Å². The van der Waals surface area contributed by atoms with Crippen molar-refractivity contribution in [1.82, 2.24) is 0 Å². The van der Waals surface area contributed by atoms with Crippen molar-refractivity contribution in [1.29, 1.82) is 0 Å². The molecule has 1 aliphatic carbocycles. The highest BCUT2D eigenvalue weighted by Gasteiger charge is 2.33. The van der Waals surface area contributed by atoms with E-state index in [0.29, 0.717) is 11.5 Å². The van der Waals surface area contributed by atoms with Crippen molar-refractivity contribution in [3.8, 4) is 11.5 Å². The third-order valence-electron chi connectivity index (χ3n) is 8.05. The fourth-order valence-corrected chi connectivity index (χ4v) is 5.94. The van der Waals surface area contributed by atoms with Gasteiger partial charge >= 0.3 is 0 Å². The SMILES string of the molecule is Oc1ccc(C2(c3ccc(O)cc3)CCCCCCCCCCCCCCCCCCC2)cc1. The molecule has 3 rings (SSSR count). The zero-order valence-corrected chi connectivity index (χ0v) is 21.4. The second-order valence-corrected chi connectivity index (χ2v) is 10.7. The van der Waals surface area contributed by atoms with Crippen LogP contribution in [-0.4, -0.2) is 10.2 Å². The highest BCUT2D eigenvalue weighted by molar-refractivity contribution is 5.43. The molecule has 2 aromatic carbocycles. The van der Waals surface area contributed by atoms with Gasteiger partial charge in [-0.15, -0.1) is 0 Å². The standard InChI is InChI=1S/C32H48O2/c33-30-22-18-28(19-23-30)32(29-20-24-31(34)25-21-29)26-16-14-12-10-8-6-4-2-1-3-5-7-9-11-13-15-17-27-32/h18-25,33-34H,1-17,26-27H2. The Bertz CT molecular complexity index is 710. The smallest absolute Gasteiger partial charge is 0.115 e. The van der Waals surface area contributed by atoms with Crippen LogP contribution in [-0.2, 0) is 5.41 Å². The van der Waals surface area contributed by atoms with Gasteiger partial charge in [-0.2, -0.15) is 0 Å². The van der Waals surface area contributed by atoms with Crippen molar-refractivity contribution in [3.05, 3.63) is 59.7 Å². The van der Waals surface area contributed by atoms with Crippen LogP contribution in [0.15, 0.2) is 48.5 Å². The van der Waals surface area contributed by atoms with Gasteiger partial charge in [0.05, 0.1) is 0 Å². The molecule has 0 aromatic heterocycles. The molecule has 188 valence electrons. The van der Waals surface area contributed by atoms with Gasteiger partial charge in [0.1, 0.15) is 11.5 Å². The number of rotatable bonds is 2. The van der Waals surface area contributed by atoms with Gasteiger partial charge in [0.2, 0.25) is 0 Å². The van der Waals surface area contributed by atoms with Crippen LogP contribution in [0.3, 0.4) is 0 Å². The fraction of sp³-hybridized carbons (Fsp3) is 0.625. The van der Waals surface area contributed by atoms with Gasteiger partial charge in [0.25, 0.3) is 0 Å². The first-order chi connectivity index (χ1) is 16.7. The minimum Gasteiger partial charge on any atom is -0.508 e. The normalized spacial score (nSPS) is 20.4. The Hall–Kier alpha value is -1.96. The van der Waals surface area contributed by atoms with Crippen LogP contribution in [0.25, 0.3) is 0 Å². The second kappa shape index (κ2) is 15.1. The molecule has 2 heteroatoms. The minimum absolute atomic E-state index is 0.0533. The molecule has 2 nitrogen and oxygen atoms in total. The Labute approximate surface area is 208 Å². The molecule has 0 saturated heterocycles. The molecule has 0 bridgehead atoms. The number of phenolic OH excluding ortho intramolecular Hbond substituents is 2. The number of hydrogen-bond donors (Lipinski definition) is 2. The highest BCUT2D eigenvalue weighted by atomic mass is 16.3. The Kier molecular flexibility index (Phi) is 11.8. The number of hydrogen-bond acceptors (Lipinski definition) is 2. The molecule has 0 aliphatic heterocycles. The monoisotopic (exact) mass is 464 g/mol. The lowest BCUT2D eigenvalue weighted by atomic mass is 9.68. The molecule has 34 heavy (non-hydrogen) atoms. The van der Waals surface area contributed by atoms with Crippen LogP contribution < -0.4 is 0 Å². The van der Waals surface area contributed by atoms with Gasteiger partial charge in [0.15, 0.2) is 0 Å². The van der Waals surface area contributed by atoms with Crippen LogP contribution in [0.5, 0.6) is 11.5 Å². The topological polar surface area (TPSA) is 40.5 Å². The summed E-state index contributed by atoms with van der Waals surface area (Å²) in [7, 11) is 0. The summed E-state index contributed by atoms with van der Waals surface area (Å²) in [5.41, 5.74) is 2.55. The van der Waals surface area contributed by atoms with Gasteiger partial charge in [-0.1, -0.05) is 133 Å². The predicted octanol–water partition coefficient (Wildman–Crippen LogP) is 9.81. The summed E-state index contributed by atoms with van der Waals surface area (Å²) < 4.78 is 0. The largest absolute Gasteiger partial charge is 0.508 e. The van der Waals surface area contributed by atoms with E-state index in [-0.39, 0.29) is 5.41 Å². The van der Waals surface area contributed by atoms with E-state index in [4.69, 9.17) is 0 Å². The molecular weight excluding hydrogens is 416 g/mol. The molecule has 0 unspecified atom stereocenters. The molecule has 0 heterocycles. The summed E-state index contributed by atoms with van der Waals surface area (Å²) in [5.74, 6) is 0.660. The minimum atomic E-state index is -0.0533. The summed E-state index contributed by atoms with van der Waals surface area (Å²) in [4.78, 5) is 0. The first kappa shape index (κ1) is 26.6. The quantitative estimate of drug-likeness (QED) is 0.464. The Morgan fingerprint density at radius 1 is 0.353 bits per heavy atom. The predicted molar refractivity (Wildman–Crippen MR) is 145 cm³/mol. The first-order valence-corrected chi connectivity index (χ1v) is 14.3. The molecule has 0 spiro atoms. The van der Waals surface area contributed by atoms with E-state index in [1.54, 1.807) is 0 Å². The Morgan fingerprint density at radius 2 is 0.588 bits per heavy atom. The van der Waals surface area contributed by atoms with Crippen LogP contribution in [0.1, 0.15) is 133 Å². The molecule has 1 saturated carbocycles. The van der Waals surface area contributed by atoms with Crippen LogP contribution in [0, 0.1) is 0 Å². The van der Waals surface area contributed by atoms with Gasteiger partial charge in [-0.3, -0.25) is 0 Å². The summed E-state index contributed by atoms with van der Waals surface area (Å²) >= 11 is 0. The summed E-state index contributed by atoms with van der Waals surface area (Å²) in [6.45, 7) is 0. The van der Waals surface area contributed by atoms with E-state index in [1.807, 2.05) is 24.3 Å². The van der Waals surface area contributed by atoms with Crippen molar-refractivity contribution in [2.45, 2.75) is 127 Å². The van der Waals surface area contributed by atoms with E-state index in [9.17, 15) is 10.2 Å². The lowest BCUT2D eigenvalue weighted by molar-refractivity contribution is 0.387. The number of benzene rings is 2. The van der Waals surface area contributed by atoms with Crippen LogP contribution in [0.2, 0.25) is 0 Å². The number of phenols is 2. The van der Waals surface area contributed by atoms with Crippen LogP contribution in [0.4, 0.5) is 0 Å². The lowest BCUT2D eigenvalue weighted by Gasteiger charge is -2.36. The van der Waals surface area contributed by atoms with Crippen molar-refractivity contribution >= 4 is 0 Å². The second-order valence-electron chi connectivity index (χ2n) is 10.7. The van der Waals surface area contributed by atoms with E-state index in [2.05, 4.69) is 24.3 Å². The molecular formula is C32H48O2. The van der Waals surface area contributed by atoms with E-state index >= 15 is 0 Å². The highest BCUT2D eigenvalue weighted by Crippen LogP contribution is 2.43. The fourth-order valence-electron chi connectivity index (χ4n) is 5.94. The Morgan fingerprint density at radius 3 is 0.853 bits per heavy atom. The van der Waals surface area contributed by atoms with E-state index in [1.165, 1.54) is 120 Å². The average Bonchev–Trinajstić information content (AvgIpc) is 2.84. The maximum Gasteiger partial charge on any atom is 0.115 e. The van der Waals surface area contributed by atoms with Crippen molar-refractivity contribution in [3.63, 3.8) is 0 Å². The van der Waals surface area contributed by atoms with Crippen LogP contribution >= 0.6 is 0 Å². The lowest BCUT2D eigenvalue weighted by Crippen LogP contribution is -2.28. The zero-order chi connectivity index (χ0) is 23.9. The molecule has 2 N–H and O–H groups in total. The summed E-state index contributed by atoms with van der Waals surface area (Å²) in [5, 5.41) is 19.9. The first-order valence-electron chi connectivity index (χ1n) is 14.3. The third-order valence-corrected chi connectivity index (χ3v) is 8.05. The van der Waals surface area contributed by atoms with Gasteiger partial charge in [0, 0.05) is 5.41 Å². The Balaban J connectivity index is 1.75. The molecule has 2 aromatic rings. The maximum absolute atomic E-state index is 9.95. The van der Waals surface area contributed by atoms with E-state index in [0.717, 1.165) is 12.8 Å². The summed E-state index contributed by atoms with van der Waals surface area (Å²) in [6.07, 6.45) is 25.4. The molecule has 0 atom stereocenters. The third kappa shape index (κ3) is 8.67. The number of aromatic hydroxyl groups is 2.